The average molecular weight is 307 g/mol. The molecule has 0 atom stereocenters. The normalized spacial score (nSPS) is 19.0. The van der Waals surface area contributed by atoms with Gasteiger partial charge < -0.3 is 10.2 Å². The van der Waals surface area contributed by atoms with Crippen molar-refractivity contribution >= 4 is 16.6 Å². The molecule has 0 spiro atoms. The lowest BCUT2D eigenvalue weighted by molar-refractivity contribution is 0.409. The molecule has 1 aromatic carbocycles. The van der Waals surface area contributed by atoms with Crippen molar-refractivity contribution in [1.82, 2.24) is 15.5 Å². The zero-order chi connectivity index (χ0) is 15.6. The van der Waals surface area contributed by atoms with Gasteiger partial charge in [0.05, 0.1) is 11.2 Å². The summed E-state index contributed by atoms with van der Waals surface area (Å²) in [5, 5.41) is 22.4. The quantitative estimate of drug-likeness (QED) is 0.940. The lowest BCUT2D eigenvalue weighted by Crippen LogP contribution is -2.43. The van der Waals surface area contributed by atoms with Crippen molar-refractivity contribution in [1.29, 1.82) is 5.26 Å². The fourth-order valence-corrected chi connectivity index (χ4v) is 3.40. The Balaban J connectivity index is 1.54. The van der Waals surface area contributed by atoms with Gasteiger partial charge >= 0.3 is 0 Å². The van der Waals surface area contributed by atoms with Gasteiger partial charge in [-0.15, -0.1) is 10.2 Å². The molecule has 118 valence electrons. The first-order valence-electron chi connectivity index (χ1n) is 8.49. The van der Waals surface area contributed by atoms with Crippen LogP contribution in [-0.2, 0) is 0 Å². The minimum Gasteiger partial charge on any atom is -0.368 e. The average Bonchev–Trinajstić information content (AvgIpc) is 3.44. The summed E-state index contributed by atoms with van der Waals surface area (Å²) in [5.74, 6) is 0.923. The molecule has 0 amide bonds. The molecule has 1 saturated heterocycles. The molecule has 0 unspecified atom stereocenters. The first kappa shape index (κ1) is 14.4. The fourth-order valence-electron chi connectivity index (χ4n) is 3.40. The molecule has 2 heterocycles. The van der Waals surface area contributed by atoms with E-state index in [9.17, 15) is 5.26 Å². The maximum Gasteiger partial charge on any atom is 0.187 e. The smallest absolute Gasteiger partial charge is 0.187 e. The highest BCUT2D eigenvalue weighted by atomic mass is 15.2. The second-order valence-corrected chi connectivity index (χ2v) is 6.64. The third-order valence-electron chi connectivity index (χ3n) is 4.95. The van der Waals surface area contributed by atoms with Gasteiger partial charge in [-0.25, -0.2) is 0 Å². The zero-order valence-corrected chi connectivity index (χ0v) is 13.2. The molecule has 5 nitrogen and oxygen atoms in total. The summed E-state index contributed by atoms with van der Waals surface area (Å²) in [4.78, 5) is 2.31. The van der Waals surface area contributed by atoms with Crippen LogP contribution >= 0.6 is 0 Å². The van der Waals surface area contributed by atoms with Crippen molar-refractivity contribution in [2.24, 2.45) is 5.92 Å². The number of nitrogens with zero attached hydrogens (tertiary/aromatic N) is 4. The molecule has 2 aromatic rings. The Morgan fingerprint density at radius 3 is 2.65 bits per heavy atom. The summed E-state index contributed by atoms with van der Waals surface area (Å²) in [7, 11) is 0. The van der Waals surface area contributed by atoms with E-state index < -0.39 is 0 Å². The van der Waals surface area contributed by atoms with Gasteiger partial charge in [-0.05, 0) is 44.2 Å². The minimum absolute atomic E-state index is 0.438. The van der Waals surface area contributed by atoms with Crippen LogP contribution < -0.4 is 10.2 Å². The van der Waals surface area contributed by atoms with E-state index in [-0.39, 0.29) is 0 Å². The number of aromatic nitrogens is 2. The summed E-state index contributed by atoms with van der Waals surface area (Å²) in [5.41, 5.74) is 2.25. The number of anilines is 1. The molecular weight excluding hydrogens is 286 g/mol. The Bertz CT molecular complexity index is 739. The van der Waals surface area contributed by atoms with Crippen LogP contribution in [0.4, 0.5) is 5.69 Å². The van der Waals surface area contributed by atoms with E-state index in [0.717, 1.165) is 48.4 Å². The van der Waals surface area contributed by atoms with E-state index in [2.05, 4.69) is 26.5 Å². The molecule has 5 heteroatoms. The maximum absolute atomic E-state index is 9.42. The Morgan fingerprint density at radius 1 is 1.13 bits per heavy atom. The molecule has 4 rings (SSSR count). The van der Waals surface area contributed by atoms with Gasteiger partial charge in [0.15, 0.2) is 5.69 Å². The number of hydrogen-bond acceptors (Lipinski definition) is 5. The zero-order valence-electron chi connectivity index (χ0n) is 13.2. The number of nitrogens with one attached hydrogen (secondary N) is 1. The molecule has 1 aromatic heterocycles. The highest BCUT2D eigenvalue weighted by Gasteiger charge is 2.26. The van der Waals surface area contributed by atoms with Gasteiger partial charge in [0.25, 0.3) is 0 Å². The van der Waals surface area contributed by atoms with Gasteiger partial charge in [-0.3, -0.25) is 0 Å². The predicted octanol–water partition coefficient (Wildman–Crippen LogP) is 2.47. The summed E-state index contributed by atoms with van der Waals surface area (Å²) in [6, 6.07) is 10.8. The number of nitriles is 1. The first-order chi connectivity index (χ1) is 11.3. The fraction of sp³-hybridized carbons (Fsp3) is 0.500. The van der Waals surface area contributed by atoms with Crippen molar-refractivity contribution in [2.75, 3.05) is 24.5 Å². The van der Waals surface area contributed by atoms with Crippen molar-refractivity contribution in [2.45, 2.75) is 31.7 Å². The molecule has 23 heavy (non-hydrogen) atoms. The van der Waals surface area contributed by atoms with E-state index >= 15 is 0 Å². The molecule has 1 aliphatic carbocycles. The van der Waals surface area contributed by atoms with E-state index in [1.165, 1.54) is 19.4 Å². The van der Waals surface area contributed by atoms with Gasteiger partial charge in [-0.2, -0.15) is 5.26 Å². The highest BCUT2D eigenvalue weighted by molar-refractivity contribution is 5.93. The lowest BCUT2D eigenvalue weighted by atomic mass is 10.0. The number of hydrogen-bond donors (Lipinski definition) is 1. The van der Waals surface area contributed by atoms with Crippen molar-refractivity contribution in [3.05, 3.63) is 30.0 Å². The van der Waals surface area contributed by atoms with Gasteiger partial charge in [-0.1, -0.05) is 18.2 Å². The summed E-state index contributed by atoms with van der Waals surface area (Å²) in [6.07, 6.45) is 5.03. The second-order valence-electron chi connectivity index (χ2n) is 6.64. The predicted molar refractivity (Wildman–Crippen MR) is 90.2 cm³/mol. The van der Waals surface area contributed by atoms with Crippen LogP contribution in [0.2, 0.25) is 0 Å². The van der Waals surface area contributed by atoms with Gasteiger partial charge in [0.2, 0.25) is 0 Å². The molecule has 0 bridgehead atoms. The van der Waals surface area contributed by atoms with Crippen molar-refractivity contribution in [3.63, 3.8) is 0 Å². The minimum atomic E-state index is 0.438. The summed E-state index contributed by atoms with van der Waals surface area (Å²) >= 11 is 0. The number of benzene rings is 1. The van der Waals surface area contributed by atoms with Crippen LogP contribution in [0.3, 0.4) is 0 Å². The maximum atomic E-state index is 9.42. The van der Waals surface area contributed by atoms with Crippen LogP contribution in [0, 0.1) is 17.2 Å². The number of piperidine rings is 1. The third-order valence-corrected chi connectivity index (χ3v) is 4.95. The topological polar surface area (TPSA) is 64.8 Å². The van der Waals surface area contributed by atoms with Crippen LogP contribution in [0.1, 0.15) is 31.4 Å². The van der Waals surface area contributed by atoms with E-state index in [1.807, 2.05) is 24.3 Å². The van der Waals surface area contributed by atoms with Crippen molar-refractivity contribution in [3.8, 4) is 6.07 Å². The Kier molecular flexibility index (Phi) is 3.84. The standard InChI is InChI=1S/C18H21N5/c19-11-17-18(15-3-1-2-4-16(15)21-22-17)23-9-7-14(8-10-23)20-12-13-5-6-13/h1-4,13-14,20H,5-10,12H2. The van der Waals surface area contributed by atoms with Crippen LogP contribution in [0.5, 0.6) is 0 Å². The second kappa shape index (κ2) is 6.13. The first-order valence-corrected chi connectivity index (χ1v) is 8.49. The molecule has 2 aliphatic rings. The summed E-state index contributed by atoms with van der Waals surface area (Å²) < 4.78 is 0. The molecule has 1 saturated carbocycles. The van der Waals surface area contributed by atoms with Crippen LogP contribution in [0.25, 0.3) is 10.9 Å². The van der Waals surface area contributed by atoms with Crippen molar-refractivity contribution < 1.29 is 0 Å². The molecule has 2 fully saturated rings. The summed E-state index contributed by atoms with van der Waals surface area (Å²) in [6.45, 7) is 3.10. The highest BCUT2D eigenvalue weighted by Crippen LogP contribution is 2.31. The van der Waals surface area contributed by atoms with Gasteiger partial charge in [0.1, 0.15) is 6.07 Å². The molecule has 1 aliphatic heterocycles. The van der Waals surface area contributed by atoms with E-state index in [4.69, 9.17) is 0 Å². The Morgan fingerprint density at radius 2 is 1.91 bits per heavy atom. The monoisotopic (exact) mass is 307 g/mol. The third kappa shape index (κ3) is 2.99. The Hall–Kier alpha value is -2.19. The van der Waals surface area contributed by atoms with Gasteiger partial charge in [0, 0.05) is 24.5 Å². The largest absolute Gasteiger partial charge is 0.368 e. The molecular formula is C18H21N5. The lowest BCUT2D eigenvalue weighted by Gasteiger charge is -2.34. The molecule has 1 N–H and O–H groups in total. The molecule has 0 radical (unpaired) electrons. The number of fused-ring (bicyclic) bond motifs is 1. The number of rotatable bonds is 4. The van der Waals surface area contributed by atoms with Crippen LogP contribution in [-0.4, -0.2) is 35.9 Å². The Labute approximate surface area is 136 Å². The SMILES string of the molecule is N#Cc1nnc2ccccc2c1N1CCC(NCC2CC2)CC1. The van der Waals surface area contributed by atoms with Crippen LogP contribution in [0.15, 0.2) is 24.3 Å². The van der Waals surface area contributed by atoms with E-state index in [0.29, 0.717) is 11.7 Å². The van der Waals surface area contributed by atoms with E-state index in [1.54, 1.807) is 0 Å².